The van der Waals surface area contributed by atoms with Gasteiger partial charge in [0.1, 0.15) is 0 Å². The fourth-order valence-corrected chi connectivity index (χ4v) is 1.81. The summed E-state index contributed by atoms with van der Waals surface area (Å²) < 4.78 is 0. The van der Waals surface area contributed by atoms with Crippen LogP contribution in [0.5, 0.6) is 0 Å². The molecule has 0 aliphatic carbocycles. The van der Waals surface area contributed by atoms with E-state index in [4.69, 9.17) is 0 Å². The lowest BCUT2D eigenvalue weighted by Gasteiger charge is -2.20. The lowest BCUT2D eigenvalue weighted by Crippen LogP contribution is -2.17. The first-order chi connectivity index (χ1) is 5.88. The number of likely N-dealkylation sites (tertiary alicyclic amines) is 1. The maximum absolute atomic E-state index is 2.55. The Morgan fingerprint density at radius 2 is 1.92 bits per heavy atom. The van der Waals surface area contributed by atoms with Gasteiger partial charge in [-0.15, -0.1) is 0 Å². The Morgan fingerprint density at radius 1 is 1.25 bits per heavy atom. The number of hydrogen-bond acceptors (Lipinski definition) is 1. The average molecular weight is 167 g/mol. The summed E-state index contributed by atoms with van der Waals surface area (Å²) in [6, 6.07) is 0. The minimum absolute atomic E-state index is 1.21. The molecule has 1 aliphatic rings. The van der Waals surface area contributed by atoms with Gasteiger partial charge >= 0.3 is 0 Å². The SMILES string of the molecule is CCC/C=C(\CC)N1CCCC1. The molecule has 1 saturated heterocycles. The molecule has 0 radical (unpaired) electrons. The first-order valence-electron chi connectivity index (χ1n) is 5.32. The van der Waals surface area contributed by atoms with Crippen LogP contribution < -0.4 is 0 Å². The lowest BCUT2D eigenvalue weighted by atomic mass is 10.2. The Bertz CT molecular complexity index is 143. The van der Waals surface area contributed by atoms with Crippen molar-refractivity contribution in [3.05, 3.63) is 11.8 Å². The molecular formula is C11H21N. The van der Waals surface area contributed by atoms with Gasteiger partial charge in [-0.1, -0.05) is 26.3 Å². The predicted molar refractivity (Wildman–Crippen MR) is 54.1 cm³/mol. The maximum Gasteiger partial charge on any atom is 0.0175 e. The zero-order chi connectivity index (χ0) is 8.81. The van der Waals surface area contributed by atoms with Crippen molar-refractivity contribution >= 4 is 0 Å². The van der Waals surface area contributed by atoms with E-state index in [9.17, 15) is 0 Å². The molecule has 0 aromatic carbocycles. The molecule has 1 aliphatic heterocycles. The van der Waals surface area contributed by atoms with E-state index in [-0.39, 0.29) is 0 Å². The van der Waals surface area contributed by atoms with Crippen molar-refractivity contribution in [1.29, 1.82) is 0 Å². The van der Waals surface area contributed by atoms with Gasteiger partial charge in [0.05, 0.1) is 0 Å². The summed E-state index contributed by atoms with van der Waals surface area (Å²) in [6.45, 7) is 7.10. The minimum Gasteiger partial charge on any atom is -0.375 e. The number of unbranched alkanes of at least 4 members (excludes halogenated alkanes) is 1. The zero-order valence-electron chi connectivity index (χ0n) is 8.47. The maximum atomic E-state index is 2.55. The van der Waals surface area contributed by atoms with Crippen molar-refractivity contribution in [2.45, 2.75) is 46.0 Å². The summed E-state index contributed by atoms with van der Waals surface area (Å²) in [5.41, 5.74) is 1.58. The van der Waals surface area contributed by atoms with Crippen molar-refractivity contribution in [1.82, 2.24) is 4.90 Å². The van der Waals surface area contributed by atoms with E-state index >= 15 is 0 Å². The van der Waals surface area contributed by atoms with Gasteiger partial charge in [0, 0.05) is 18.8 Å². The van der Waals surface area contributed by atoms with Gasteiger partial charge in [-0.25, -0.2) is 0 Å². The first-order valence-corrected chi connectivity index (χ1v) is 5.32. The monoisotopic (exact) mass is 167 g/mol. The Kier molecular flexibility index (Phi) is 4.20. The molecule has 1 heterocycles. The Balaban J connectivity index is 2.42. The molecule has 70 valence electrons. The van der Waals surface area contributed by atoms with E-state index < -0.39 is 0 Å². The average Bonchev–Trinajstić information content (AvgIpc) is 2.59. The third kappa shape index (κ3) is 2.54. The first kappa shape index (κ1) is 9.63. The molecule has 0 saturated carbocycles. The van der Waals surface area contributed by atoms with Gasteiger partial charge in [-0.3, -0.25) is 0 Å². The van der Waals surface area contributed by atoms with Crippen LogP contribution in [0.2, 0.25) is 0 Å². The molecule has 1 fully saturated rings. The van der Waals surface area contributed by atoms with Gasteiger partial charge in [0.2, 0.25) is 0 Å². The highest BCUT2D eigenvalue weighted by molar-refractivity contribution is 5.01. The van der Waals surface area contributed by atoms with Gasteiger partial charge in [0.15, 0.2) is 0 Å². The number of rotatable bonds is 4. The van der Waals surface area contributed by atoms with E-state index in [0.717, 1.165) is 0 Å². The highest BCUT2D eigenvalue weighted by atomic mass is 15.1. The fourth-order valence-electron chi connectivity index (χ4n) is 1.81. The minimum atomic E-state index is 1.21. The molecular weight excluding hydrogens is 146 g/mol. The number of nitrogens with zero attached hydrogens (tertiary/aromatic N) is 1. The van der Waals surface area contributed by atoms with E-state index in [2.05, 4.69) is 24.8 Å². The second-order valence-electron chi connectivity index (χ2n) is 3.53. The predicted octanol–water partition coefficient (Wildman–Crippen LogP) is 3.18. The molecule has 0 aromatic heterocycles. The molecule has 1 rings (SSSR count). The van der Waals surface area contributed by atoms with E-state index in [1.165, 1.54) is 45.2 Å². The Hall–Kier alpha value is -0.460. The molecule has 12 heavy (non-hydrogen) atoms. The van der Waals surface area contributed by atoms with Gasteiger partial charge < -0.3 is 4.90 Å². The summed E-state index contributed by atoms with van der Waals surface area (Å²) in [4.78, 5) is 2.55. The molecule has 1 heteroatoms. The molecule has 0 aromatic rings. The van der Waals surface area contributed by atoms with Crippen LogP contribution in [0.3, 0.4) is 0 Å². The zero-order valence-corrected chi connectivity index (χ0v) is 8.47. The van der Waals surface area contributed by atoms with E-state index in [1.54, 1.807) is 5.70 Å². The molecule has 0 unspecified atom stereocenters. The second kappa shape index (κ2) is 5.23. The summed E-state index contributed by atoms with van der Waals surface area (Å²) in [5, 5.41) is 0. The van der Waals surface area contributed by atoms with Crippen molar-refractivity contribution < 1.29 is 0 Å². The number of hydrogen-bond donors (Lipinski definition) is 0. The molecule has 0 amide bonds. The van der Waals surface area contributed by atoms with Crippen LogP contribution in [-0.2, 0) is 0 Å². The topological polar surface area (TPSA) is 3.24 Å². The fraction of sp³-hybridized carbons (Fsp3) is 0.818. The quantitative estimate of drug-likeness (QED) is 0.621. The van der Waals surface area contributed by atoms with Gasteiger partial charge in [-0.2, -0.15) is 0 Å². The van der Waals surface area contributed by atoms with Crippen LogP contribution in [0.15, 0.2) is 11.8 Å². The van der Waals surface area contributed by atoms with Crippen LogP contribution >= 0.6 is 0 Å². The summed E-state index contributed by atoms with van der Waals surface area (Å²) in [7, 11) is 0. The Morgan fingerprint density at radius 3 is 2.42 bits per heavy atom. The largest absolute Gasteiger partial charge is 0.375 e. The van der Waals surface area contributed by atoms with Crippen molar-refractivity contribution in [2.24, 2.45) is 0 Å². The van der Waals surface area contributed by atoms with Gasteiger partial charge in [0.25, 0.3) is 0 Å². The summed E-state index contributed by atoms with van der Waals surface area (Å²) in [6.07, 6.45) is 8.94. The normalized spacial score (nSPS) is 18.8. The van der Waals surface area contributed by atoms with Crippen molar-refractivity contribution in [2.75, 3.05) is 13.1 Å². The molecule has 0 N–H and O–H groups in total. The van der Waals surface area contributed by atoms with Crippen molar-refractivity contribution in [3.8, 4) is 0 Å². The van der Waals surface area contributed by atoms with Crippen LogP contribution in [0.4, 0.5) is 0 Å². The third-order valence-electron chi connectivity index (χ3n) is 2.54. The second-order valence-corrected chi connectivity index (χ2v) is 3.53. The lowest BCUT2D eigenvalue weighted by molar-refractivity contribution is 0.411. The van der Waals surface area contributed by atoms with Gasteiger partial charge in [-0.05, 0) is 25.7 Å². The number of allylic oxidation sites excluding steroid dienone is 2. The summed E-state index contributed by atoms with van der Waals surface area (Å²) >= 11 is 0. The van der Waals surface area contributed by atoms with Crippen LogP contribution in [0, 0.1) is 0 Å². The Labute approximate surface area is 76.5 Å². The van der Waals surface area contributed by atoms with Crippen molar-refractivity contribution in [3.63, 3.8) is 0 Å². The van der Waals surface area contributed by atoms with Crippen LogP contribution in [0.1, 0.15) is 46.0 Å². The molecule has 0 bridgehead atoms. The molecule has 0 spiro atoms. The third-order valence-corrected chi connectivity index (χ3v) is 2.54. The smallest absolute Gasteiger partial charge is 0.0175 e. The van der Waals surface area contributed by atoms with E-state index in [1.807, 2.05) is 0 Å². The van der Waals surface area contributed by atoms with Crippen LogP contribution in [0.25, 0.3) is 0 Å². The molecule has 0 atom stereocenters. The summed E-state index contributed by atoms with van der Waals surface area (Å²) in [5.74, 6) is 0. The van der Waals surface area contributed by atoms with E-state index in [0.29, 0.717) is 0 Å². The molecule has 1 nitrogen and oxygen atoms in total. The highest BCUT2D eigenvalue weighted by Crippen LogP contribution is 2.17. The standard InChI is InChI=1S/C11H21N/c1-3-5-8-11(4-2)12-9-6-7-10-12/h8H,3-7,9-10H2,1-2H3/b11-8+. The van der Waals surface area contributed by atoms with Crippen LogP contribution in [-0.4, -0.2) is 18.0 Å². The highest BCUT2D eigenvalue weighted by Gasteiger charge is 2.12.